The number of para-hydroxylation sites is 1. The van der Waals surface area contributed by atoms with Crippen LogP contribution in [0, 0.1) is 6.33 Å². The van der Waals surface area contributed by atoms with E-state index < -0.39 is 0 Å². The van der Waals surface area contributed by atoms with Crippen molar-refractivity contribution in [2.45, 2.75) is 110 Å². The van der Waals surface area contributed by atoms with Crippen molar-refractivity contribution >= 4 is 11.0 Å². The number of benzene rings is 3. The Hall–Kier alpha value is -2.87. The molecule has 0 radical (unpaired) electrons. The quantitative estimate of drug-likeness (QED) is 0.194. The lowest BCUT2D eigenvalue weighted by Gasteiger charge is -2.44. The van der Waals surface area contributed by atoms with Crippen molar-refractivity contribution in [3.8, 4) is 11.4 Å². The number of hydrogen-bond donors (Lipinski definition) is 0. The third kappa shape index (κ3) is 3.55. The van der Waals surface area contributed by atoms with Gasteiger partial charge in [0.1, 0.15) is 0 Å². The average Bonchev–Trinajstić information content (AvgIpc) is 3.25. The summed E-state index contributed by atoms with van der Waals surface area (Å²) in [7, 11) is 0. The predicted molar refractivity (Wildman–Crippen MR) is 159 cm³/mol. The molecule has 0 saturated heterocycles. The van der Waals surface area contributed by atoms with Gasteiger partial charge in [-0.2, -0.15) is 0 Å². The van der Waals surface area contributed by atoms with Gasteiger partial charge in [-0.05, 0) is 87.1 Å². The first kappa shape index (κ1) is 25.4. The van der Waals surface area contributed by atoms with E-state index in [1.54, 1.807) is 0 Å². The van der Waals surface area contributed by atoms with Gasteiger partial charge in [-0.15, -0.1) is 0 Å². The first-order chi connectivity index (χ1) is 17.7. The molecular weight excluding hydrogens is 460 g/mol. The van der Waals surface area contributed by atoms with Gasteiger partial charge in [0, 0.05) is 5.41 Å². The van der Waals surface area contributed by atoms with Gasteiger partial charge < -0.3 is 0 Å². The van der Waals surface area contributed by atoms with E-state index in [1.165, 1.54) is 68.6 Å². The maximum Gasteiger partial charge on any atom is 0.269 e. The van der Waals surface area contributed by atoms with E-state index in [-0.39, 0.29) is 16.2 Å². The van der Waals surface area contributed by atoms with Crippen LogP contribution in [0.3, 0.4) is 0 Å². The molecule has 38 heavy (non-hydrogen) atoms. The molecule has 1 aliphatic carbocycles. The molecule has 2 heteroatoms. The van der Waals surface area contributed by atoms with Crippen LogP contribution in [-0.2, 0) is 16.2 Å². The standard InChI is InChI=1S/C36H44N2/c1-22(2)24-16-25(23(3)4)18-26(17-24)37-21-38-32-20-29-28(34(5,6)14-15-35(29,7)8)19-30(32)36(9,10)27-12-11-13-31(37)33(27)38/h11-13,16-20,22-23H,14-15H2,1-10H3. The van der Waals surface area contributed by atoms with Crippen molar-refractivity contribution in [2.75, 3.05) is 0 Å². The van der Waals surface area contributed by atoms with Gasteiger partial charge in [0.2, 0.25) is 0 Å². The number of rotatable bonds is 3. The Morgan fingerprint density at radius 3 is 1.87 bits per heavy atom. The zero-order valence-corrected chi connectivity index (χ0v) is 25.1. The maximum absolute atomic E-state index is 3.86. The summed E-state index contributed by atoms with van der Waals surface area (Å²) in [5, 5.41) is 0. The Morgan fingerprint density at radius 1 is 0.711 bits per heavy atom. The van der Waals surface area contributed by atoms with E-state index in [9.17, 15) is 0 Å². The SMILES string of the molecule is CC(C)c1cc(C(C)C)cc(-n2[c-][n+]3c4c(cccc42)C(C)(C)c2cc4c(cc2-3)C(C)(C)CCC4(C)C)c1. The Bertz CT molecular complexity index is 1560. The fourth-order valence-electron chi connectivity index (χ4n) is 6.91. The summed E-state index contributed by atoms with van der Waals surface area (Å²) >= 11 is 0. The molecule has 2 aliphatic rings. The largest absolute Gasteiger partial charge is 0.292 e. The number of aromatic nitrogens is 2. The van der Waals surface area contributed by atoms with Gasteiger partial charge in [0.05, 0.1) is 22.4 Å². The van der Waals surface area contributed by atoms with Crippen molar-refractivity contribution in [1.82, 2.24) is 4.57 Å². The molecule has 198 valence electrons. The van der Waals surface area contributed by atoms with Crippen LogP contribution >= 0.6 is 0 Å². The fourth-order valence-corrected chi connectivity index (χ4v) is 6.91. The van der Waals surface area contributed by atoms with E-state index in [0.717, 1.165) is 0 Å². The van der Waals surface area contributed by atoms with Crippen molar-refractivity contribution in [3.63, 3.8) is 0 Å². The molecule has 0 fully saturated rings. The fraction of sp³-hybridized carbons (Fsp3) is 0.472. The molecule has 6 rings (SSSR count). The van der Waals surface area contributed by atoms with Crippen molar-refractivity contribution in [2.24, 2.45) is 0 Å². The first-order valence-electron chi connectivity index (χ1n) is 14.6. The number of hydrogen-bond acceptors (Lipinski definition) is 0. The van der Waals surface area contributed by atoms with Gasteiger partial charge in [-0.25, -0.2) is 0 Å². The summed E-state index contributed by atoms with van der Waals surface area (Å²) in [6.07, 6.45) is 6.31. The van der Waals surface area contributed by atoms with E-state index in [4.69, 9.17) is 0 Å². The lowest BCUT2D eigenvalue weighted by molar-refractivity contribution is -0.575. The zero-order chi connectivity index (χ0) is 27.4. The van der Waals surface area contributed by atoms with E-state index in [0.29, 0.717) is 11.8 Å². The molecule has 0 saturated carbocycles. The van der Waals surface area contributed by atoms with E-state index >= 15 is 0 Å². The monoisotopic (exact) mass is 504 g/mol. The zero-order valence-electron chi connectivity index (χ0n) is 25.1. The highest BCUT2D eigenvalue weighted by Crippen LogP contribution is 2.50. The van der Waals surface area contributed by atoms with E-state index in [2.05, 4.69) is 133 Å². The Kier molecular flexibility index (Phi) is 5.40. The molecule has 0 bridgehead atoms. The second-order valence-electron chi connectivity index (χ2n) is 14.4. The third-order valence-corrected chi connectivity index (χ3v) is 9.79. The Morgan fingerprint density at radius 2 is 1.29 bits per heavy atom. The topological polar surface area (TPSA) is 8.81 Å². The van der Waals surface area contributed by atoms with Gasteiger partial charge in [0.25, 0.3) is 6.33 Å². The summed E-state index contributed by atoms with van der Waals surface area (Å²) in [4.78, 5) is 0. The number of nitrogens with zero attached hydrogens (tertiary/aromatic N) is 2. The number of imidazole rings is 1. The first-order valence-corrected chi connectivity index (χ1v) is 14.6. The van der Waals surface area contributed by atoms with Crippen LogP contribution in [0.2, 0.25) is 0 Å². The molecule has 0 unspecified atom stereocenters. The highest BCUT2D eigenvalue weighted by molar-refractivity contribution is 5.82. The van der Waals surface area contributed by atoms with Crippen molar-refractivity contribution < 1.29 is 4.57 Å². The molecule has 1 aliphatic heterocycles. The Balaban J connectivity index is 1.68. The molecule has 2 nitrogen and oxygen atoms in total. The van der Waals surface area contributed by atoms with Gasteiger partial charge in [0.15, 0.2) is 0 Å². The van der Waals surface area contributed by atoms with Crippen LogP contribution in [0.4, 0.5) is 0 Å². The van der Waals surface area contributed by atoms with Crippen LogP contribution in [-0.4, -0.2) is 4.57 Å². The predicted octanol–water partition coefficient (Wildman–Crippen LogP) is 8.94. The molecule has 2 heterocycles. The summed E-state index contributed by atoms with van der Waals surface area (Å²) < 4.78 is 4.69. The lowest BCUT2D eigenvalue weighted by Crippen LogP contribution is -2.43. The second kappa shape index (κ2) is 8.07. The minimum Gasteiger partial charge on any atom is -0.292 e. The summed E-state index contributed by atoms with van der Waals surface area (Å²) in [5.41, 5.74) is 13.9. The Labute approximate surface area is 229 Å². The van der Waals surface area contributed by atoms with Crippen LogP contribution in [0.1, 0.15) is 127 Å². The normalized spacial score (nSPS) is 18.6. The molecule has 0 atom stereocenters. The molecular formula is C36H44N2. The van der Waals surface area contributed by atoms with Crippen LogP contribution in [0.15, 0.2) is 48.5 Å². The highest BCUT2D eigenvalue weighted by Gasteiger charge is 2.41. The van der Waals surface area contributed by atoms with E-state index in [1.807, 2.05) is 0 Å². The molecule has 4 aromatic rings. The summed E-state index contributed by atoms with van der Waals surface area (Å²) in [6, 6.07) is 19.0. The van der Waals surface area contributed by atoms with Gasteiger partial charge in [-0.1, -0.05) is 99.6 Å². The van der Waals surface area contributed by atoms with Crippen LogP contribution in [0.5, 0.6) is 0 Å². The number of fused-ring (bicyclic) bond motifs is 3. The van der Waals surface area contributed by atoms with Crippen molar-refractivity contribution in [1.29, 1.82) is 0 Å². The second-order valence-corrected chi connectivity index (χ2v) is 14.4. The van der Waals surface area contributed by atoms with Gasteiger partial charge >= 0.3 is 0 Å². The summed E-state index contributed by atoms with van der Waals surface area (Å²) in [6.45, 7) is 23.7. The summed E-state index contributed by atoms with van der Waals surface area (Å²) in [5.74, 6) is 0.953. The molecule has 1 aromatic heterocycles. The minimum absolute atomic E-state index is 0.0928. The minimum atomic E-state index is -0.0928. The third-order valence-electron chi connectivity index (χ3n) is 9.79. The van der Waals surface area contributed by atoms with Crippen LogP contribution in [0.25, 0.3) is 22.4 Å². The molecule has 0 amide bonds. The average molecular weight is 505 g/mol. The molecule has 0 spiro atoms. The lowest BCUT2D eigenvalue weighted by atomic mass is 9.61. The van der Waals surface area contributed by atoms with Crippen molar-refractivity contribution in [3.05, 3.63) is 88.2 Å². The molecule has 3 aromatic carbocycles. The maximum atomic E-state index is 3.86. The van der Waals surface area contributed by atoms with Gasteiger partial charge in [-0.3, -0.25) is 9.13 Å². The van der Waals surface area contributed by atoms with Crippen LogP contribution < -0.4 is 4.57 Å². The molecule has 0 N–H and O–H groups in total. The smallest absolute Gasteiger partial charge is 0.269 e. The highest BCUT2D eigenvalue weighted by atomic mass is 15.1.